The van der Waals surface area contributed by atoms with E-state index in [4.69, 9.17) is 5.73 Å². The molecule has 1 aromatic heterocycles. The molecule has 0 amide bonds. The molecule has 3 rings (SSSR count). The van der Waals surface area contributed by atoms with Gasteiger partial charge in [-0.1, -0.05) is 6.92 Å². The van der Waals surface area contributed by atoms with Crippen LogP contribution in [0.25, 0.3) is 0 Å². The summed E-state index contributed by atoms with van der Waals surface area (Å²) in [6.07, 6.45) is 5.95. The molecule has 3 N–H and O–H groups in total. The summed E-state index contributed by atoms with van der Waals surface area (Å²) in [5.41, 5.74) is 5.83. The number of nitrogens with zero attached hydrogens (tertiary/aromatic N) is 3. The largest absolute Gasteiger partial charge is 0.384 e. The Morgan fingerprint density at radius 1 is 1.37 bits per heavy atom. The van der Waals surface area contributed by atoms with E-state index in [1.807, 2.05) is 6.07 Å². The highest BCUT2D eigenvalue weighted by Crippen LogP contribution is 2.28. The van der Waals surface area contributed by atoms with Crippen molar-refractivity contribution in [1.29, 1.82) is 0 Å². The minimum absolute atomic E-state index is 0.526. The van der Waals surface area contributed by atoms with E-state index in [2.05, 4.69) is 27.1 Å². The van der Waals surface area contributed by atoms with E-state index in [9.17, 15) is 0 Å². The van der Waals surface area contributed by atoms with Gasteiger partial charge in [-0.05, 0) is 32.2 Å². The van der Waals surface area contributed by atoms with E-state index in [1.54, 1.807) is 0 Å². The average Bonchev–Trinajstić information content (AvgIpc) is 2.85. The highest BCUT2D eigenvalue weighted by molar-refractivity contribution is 5.45. The van der Waals surface area contributed by atoms with Crippen LogP contribution in [-0.2, 0) is 6.42 Å². The maximum atomic E-state index is 5.83. The summed E-state index contributed by atoms with van der Waals surface area (Å²) in [6, 6.07) is 3.15. The van der Waals surface area contributed by atoms with Gasteiger partial charge in [-0.15, -0.1) is 0 Å². The number of aromatic nitrogens is 2. The Morgan fingerprint density at radius 2 is 2.26 bits per heavy atom. The van der Waals surface area contributed by atoms with Gasteiger partial charge in [0.15, 0.2) is 0 Å². The monoisotopic (exact) mass is 261 g/mol. The van der Waals surface area contributed by atoms with Gasteiger partial charge in [-0.3, -0.25) is 0 Å². The van der Waals surface area contributed by atoms with E-state index in [0.29, 0.717) is 11.9 Å². The normalized spacial score (nSPS) is 27.2. The molecule has 2 saturated heterocycles. The Kier molecular flexibility index (Phi) is 3.55. The molecule has 2 unspecified atom stereocenters. The molecular weight excluding hydrogens is 238 g/mol. The van der Waals surface area contributed by atoms with Crippen molar-refractivity contribution in [2.45, 2.75) is 51.1 Å². The standard InChI is InChI=1S/C14H23N5/c1-2-13-17-12(15)9-14(18-13)16-10-5-7-19-6-3-4-11(19)8-10/h9-11H,2-8H2,1H3,(H3,15,16,17,18). The van der Waals surface area contributed by atoms with E-state index in [0.717, 1.165) is 24.1 Å². The van der Waals surface area contributed by atoms with Crippen LogP contribution in [-0.4, -0.2) is 40.0 Å². The van der Waals surface area contributed by atoms with Crippen LogP contribution in [0.3, 0.4) is 0 Å². The van der Waals surface area contributed by atoms with Gasteiger partial charge in [-0.2, -0.15) is 0 Å². The molecule has 19 heavy (non-hydrogen) atoms. The first-order valence-corrected chi connectivity index (χ1v) is 7.38. The quantitative estimate of drug-likeness (QED) is 0.866. The first kappa shape index (κ1) is 12.7. The van der Waals surface area contributed by atoms with E-state index >= 15 is 0 Å². The van der Waals surface area contributed by atoms with Gasteiger partial charge >= 0.3 is 0 Å². The van der Waals surface area contributed by atoms with E-state index in [-0.39, 0.29) is 0 Å². The third-order valence-corrected chi connectivity index (χ3v) is 4.28. The molecule has 2 aliphatic heterocycles. The van der Waals surface area contributed by atoms with Crippen molar-refractivity contribution in [1.82, 2.24) is 14.9 Å². The second-order valence-corrected chi connectivity index (χ2v) is 5.65. The summed E-state index contributed by atoms with van der Waals surface area (Å²) in [7, 11) is 0. The highest BCUT2D eigenvalue weighted by atomic mass is 15.2. The van der Waals surface area contributed by atoms with Crippen molar-refractivity contribution in [3.8, 4) is 0 Å². The van der Waals surface area contributed by atoms with Gasteiger partial charge in [0.25, 0.3) is 0 Å². The number of nitrogen functional groups attached to an aromatic ring is 1. The number of hydrogen-bond donors (Lipinski definition) is 2. The summed E-state index contributed by atoms with van der Waals surface area (Å²) < 4.78 is 0. The molecule has 104 valence electrons. The lowest BCUT2D eigenvalue weighted by Crippen LogP contribution is -2.42. The van der Waals surface area contributed by atoms with E-state index in [1.165, 1.54) is 38.8 Å². The van der Waals surface area contributed by atoms with Crippen LogP contribution < -0.4 is 11.1 Å². The molecule has 2 fully saturated rings. The van der Waals surface area contributed by atoms with Crippen LogP contribution in [0.5, 0.6) is 0 Å². The van der Waals surface area contributed by atoms with Gasteiger partial charge in [0.2, 0.25) is 0 Å². The van der Waals surface area contributed by atoms with E-state index < -0.39 is 0 Å². The zero-order valence-corrected chi connectivity index (χ0v) is 11.6. The van der Waals surface area contributed by atoms with Crippen LogP contribution in [0, 0.1) is 0 Å². The smallest absolute Gasteiger partial charge is 0.132 e. The first-order chi connectivity index (χ1) is 9.24. The van der Waals surface area contributed by atoms with Crippen LogP contribution in [0.2, 0.25) is 0 Å². The Morgan fingerprint density at radius 3 is 3.11 bits per heavy atom. The predicted octanol–water partition coefficient (Wildman–Crippen LogP) is 1.66. The van der Waals surface area contributed by atoms with Crippen LogP contribution in [0.1, 0.15) is 38.4 Å². The Hall–Kier alpha value is -1.36. The zero-order chi connectivity index (χ0) is 13.2. The molecule has 0 spiro atoms. The minimum atomic E-state index is 0.526. The maximum absolute atomic E-state index is 5.83. The molecule has 0 radical (unpaired) electrons. The number of hydrogen-bond acceptors (Lipinski definition) is 5. The van der Waals surface area contributed by atoms with Crippen molar-refractivity contribution < 1.29 is 0 Å². The van der Waals surface area contributed by atoms with Gasteiger partial charge in [0.1, 0.15) is 17.5 Å². The summed E-state index contributed by atoms with van der Waals surface area (Å²) in [5, 5.41) is 3.55. The summed E-state index contributed by atoms with van der Waals surface area (Å²) >= 11 is 0. The number of piperidine rings is 1. The first-order valence-electron chi connectivity index (χ1n) is 7.38. The molecule has 2 aliphatic rings. The van der Waals surface area contributed by atoms with Crippen molar-refractivity contribution in [3.63, 3.8) is 0 Å². The molecule has 3 heterocycles. The second kappa shape index (κ2) is 5.33. The predicted molar refractivity (Wildman–Crippen MR) is 77.1 cm³/mol. The van der Waals surface area contributed by atoms with Crippen molar-refractivity contribution in [2.75, 3.05) is 24.1 Å². The number of rotatable bonds is 3. The maximum Gasteiger partial charge on any atom is 0.132 e. The minimum Gasteiger partial charge on any atom is -0.384 e. The van der Waals surface area contributed by atoms with Crippen LogP contribution >= 0.6 is 0 Å². The van der Waals surface area contributed by atoms with Crippen molar-refractivity contribution in [2.24, 2.45) is 0 Å². The molecule has 5 nitrogen and oxygen atoms in total. The highest BCUT2D eigenvalue weighted by Gasteiger charge is 2.31. The van der Waals surface area contributed by atoms with Crippen molar-refractivity contribution >= 4 is 11.6 Å². The fourth-order valence-corrected chi connectivity index (χ4v) is 3.31. The molecule has 0 aromatic carbocycles. The second-order valence-electron chi connectivity index (χ2n) is 5.65. The molecule has 0 bridgehead atoms. The van der Waals surface area contributed by atoms with Gasteiger partial charge in [0, 0.05) is 31.1 Å². The third-order valence-electron chi connectivity index (χ3n) is 4.28. The lowest BCUT2D eigenvalue weighted by molar-refractivity contribution is 0.188. The molecule has 2 atom stereocenters. The molecule has 5 heteroatoms. The number of nitrogens with two attached hydrogens (primary N) is 1. The summed E-state index contributed by atoms with van der Waals surface area (Å²) in [4.78, 5) is 11.4. The summed E-state index contributed by atoms with van der Waals surface area (Å²) in [6.45, 7) is 4.55. The Balaban J connectivity index is 1.66. The fraction of sp³-hybridized carbons (Fsp3) is 0.714. The average molecular weight is 261 g/mol. The topological polar surface area (TPSA) is 67.1 Å². The molecular formula is C14H23N5. The van der Waals surface area contributed by atoms with Gasteiger partial charge in [0.05, 0.1) is 0 Å². The zero-order valence-electron chi connectivity index (χ0n) is 11.6. The lowest BCUT2D eigenvalue weighted by Gasteiger charge is -2.35. The van der Waals surface area contributed by atoms with Crippen LogP contribution in [0.4, 0.5) is 11.6 Å². The van der Waals surface area contributed by atoms with Gasteiger partial charge in [-0.25, -0.2) is 9.97 Å². The van der Waals surface area contributed by atoms with Crippen molar-refractivity contribution in [3.05, 3.63) is 11.9 Å². The number of fused-ring (bicyclic) bond motifs is 1. The number of aryl methyl sites for hydroxylation is 1. The number of anilines is 2. The fourth-order valence-electron chi connectivity index (χ4n) is 3.31. The SMILES string of the molecule is CCc1nc(N)cc(NC2CCN3CCCC3C2)n1. The lowest BCUT2D eigenvalue weighted by atomic mass is 9.97. The van der Waals surface area contributed by atoms with Crippen LogP contribution in [0.15, 0.2) is 6.07 Å². The van der Waals surface area contributed by atoms with Gasteiger partial charge < -0.3 is 16.0 Å². The molecule has 1 aromatic rings. The third kappa shape index (κ3) is 2.81. The molecule has 0 saturated carbocycles. The molecule has 0 aliphatic carbocycles. The number of nitrogens with one attached hydrogen (secondary N) is 1. The Labute approximate surface area is 114 Å². The Bertz CT molecular complexity index is 447. The summed E-state index contributed by atoms with van der Waals surface area (Å²) in [5.74, 6) is 2.27.